The molecule has 170 valence electrons. The van der Waals surface area contributed by atoms with Crippen LogP contribution in [-0.4, -0.2) is 32.7 Å². The van der Waals surface area contributed by atoms with Crippen LogP contribution >= 0.6 is 11.6 Å². The number of aryl methyl sites for hydroxylation is 1. The number of rotatable bonds is 7. The molecule has 0 saturated carbocycles. The highest BCUT2D eigenvalue weighted by atomic mass is 35.5. The maximum Gasteiger partial charge on any atom is 0.321 e. The van der Waals surface area contributed by atoms with E-state index in [4.69, 9.17) is 21.1 Å². The number of aromatic nitrogens is 4. The molecule has 0 radical (unpaired) electrons. The van der Waals surface area contributed by atoms with Crippen molar-refractivity contribution in [3.8, 4) is 11.8 Å². The molecule has 33 heavy (non-hydrogen) atoms. The molecular weight excluding hydrogens is 452 g/mol. The van der Waals surface area contributed by atoms with E-state index in [1.165, 1.54) is 18.0 Å². The summed E-state index contributed by atoms with van der Waals surface area (Å²) in [5, 5.41) is 3.36. The van der Waals surface area contributed by atoms with Crippen molar-refractivity contribution in [3.05, 3.63) is 70.5 Å². The summed E-state index contributed by atoms with van der Waals surface area (Å²) >= 11 is 5.73. The molecule has 1 N–H and O–H groups in total. The van der Waals surface area contributed by atoms with Gasteiger partial charge in [0.15, 0.2) is 0 Å². The van der Waals surface area contributed by atoms with Gasteiger partial charge in [-0.3, -0.25) is 0 Å². The number of fused-ring (bicyclic) bond motifs is 1. The number of ether oxygens (including phenoxy) is 2. The summed E-state index contributed by atoms with van der Waals surface area (Å²) in [6.45, 7) is 1.51. The molecule has 0 spiro atoms. The van der Waals surface area contributed by atoms with Gasteiger partial charge in [-0.25, -0.2) is 23.7 Å². The van der Waals surface area contributed by atoms with Crippen LogP contribution in [0.25, 0.3) is 11.0 Å². The van der Waals surface area contributed by atoms with Crippen molar-refractivity contribution in [2.45, 2.75) is 13.0 Å². The monoisotopic (exact) mass is 471 g/mol. The Kier molecular flexibility index (Phi) is 5.82. The topological polar surface area (TPSA) is 74.1 Å². The molecule has 1 fully saturated rings. The normalized spacial score (nSPS) is 13.8. The number of hydrogen-bond acceptors (Lipinski definition) is 6. The van der Waals surface area contributed by atoms with Gasteiger partial charge in [0, 0.05) is 37.2 Å². The minimum Gasteiger partial charge on any atom is -0.424 e. The molecule has 0 aliphatic carbocycles. The van der Waals surface area contributed by atoms with Crippen molar-refractivity contribution >= 4 is 28.6 Å². The van der Waals surface area contributed by atoms with Gasteiger partial charge in [-0.2, -0.15) is 0 Å². The molecule has 1 saturated heterocycles. The summed E-state index contributed by atoms with van der Waals surface area (Å²) in [5.41, 5.74) is 2.84. The second kappa shape index (κ2) is 8.92. The molecule has 0 atom stereocenters. The van der Waals surface area contributed by atoms with Crippen LogP contribution in [0.5, 0.6) is 11.8 Å². The van der Waals surface area contributed by atoms with Gasteiger partial charge in [0.05, 0.1) is 41.7 Å². The average Bonchev–Trinajstić information content (AvgIpc) is 3.07. The Morgan fingerprint density at radius 2 is 1.88 bits per heavy atom. The lowest BCUT2D eigenvalue weighted by Gasteiger charge is -2.25. The third-order valence-corrected chi connectivity index (χ3v) is 5.72. The molecule has 7 nitrogen and oxygen atoms in total. The minimum atomic E-state index is -0.754. The van der Waals surface area contributed by atoms with Crippen molar-refractivity contribution in [2.75, 3.05) is 18.5 Å². The Hall–Kier alpha value is -3.30. The molecule has 3 heterocycles. The Morgan fingerprint density at radius 3 is 2.55 bits per heavy atom. The number of halogens is 3. The van der Waals surface area contributed by atoms with E-state index >= 15 is 0 Å². The zero-order chi connectivity index (χ0) is 22.9. The smallest absolute Gasteiger partial charge is 0.321 e. The summed E-state index contributed by atoms with van der Waals surface area (Å²) in [6, 6.07) is 8.22. The van der Waals surface area contributed by atoms with Gasteiger partial charge in [-0.05, 0) is 24.1 Å². The Morgan fingerprint density at radius 1 is 1.15 bits per heavy atom. The molecule has 1 aliphatic rings. The quantitative estimate of drug-likeness (QED) is 0.414. The Labute approximate surface area is 193 Å². The zero-order valence-electron chi connectivity index (χ0n) is 17.7. The van der Waals surface area contributed by atoms with E-state index in [0.29, 0.717) is 16.9 Å². The average molecular weight is 472 g/mol. The Bertz CT molecular complexity index is 1290. The first-order valence-corrected chi connectivity index (χ1v) is 10.7. The molecule has 0 bridgehead atoms. The third-order valence-electron chi connectivity index (χ3n) is 5.52. The van der Waals surface area contributed by atoms with E-state index in [1.807, 2.05) is 17.7 Å². The number of anilines is 1. The molecule has 2 aromatic heterocycles. The number of imidazole rings is 1. The summed E-state index contributed by atoms with van der Waals surface area (Å²) in [5.74, 6) is -0.492. The van der Waals surface area contributed by atoms with Crippen molar-refractivity contribution in [3.63, 3.8) is 0 Å². The van der Waals surface area contributed by atoms with Crippen LogP contribution in [0.2, 0.25) is 5.02 Å². The van der Waals surface area contributed by atoms with E-state index in [2.05, 4.69) is 32.4 Å². The number of nitrogens with one attached hydrogen (secondary N) is 1. The Balaban J connectivity index is 1.31. The van der Waals surface area contributed by atoms with Crippen LogP contribution in [-0.2, 0) is 24.8 Å². The van der Waals surface area contributed by atoms with E-state index in [9.17, 15) is 8.78 Å². The summed E-state index contributed by atoms with van der Waals surface area (Å²) in [4.78, 5) is 12.3. The first kappa shape index (κ1) is 21.5. The largest absolute Gasteiger partial charge is 0.424 e. The van der Waals surface area contributed by atoms with Crippen LogP contribution in [0.4, 0.5) is 14.7 Å². The SMILES string of the molecule is Cn1c(NCc2c(F)cc(Oc3ncc(Cl)cn3)cc2F)nc2ccc(CC3COC3)cc21. The lowest BCUT2D eigenvalue weighted by molar-refractivity contribution is -0.0312. The van der Waals surface area contributed by atoms with Gasteiger partial charge < -0.3 is 19.4 Å². The van der Waals surface area contributed by atoms with Crippen LogP contribution in [0.15, 0.2) is 42.7 Å². The summed E-state index contributed by atoms with van der Waals surface area (Å²) < 4.78 is 41.7. The second-order valence-corrected chi connectivity index (χ2v) is 8.37. The minimum absolute atomic E-state index is 0.0526. The second-order valence-electron chi connectivity index (χ2n) is 7.93. The van der Waals surface area contributed by atoms with E-state index in [1.54, 1.807) is 0 Å². The van der Waals surface area contributed by atoms with Crippen molar-refractivity contribution < 1.29 is 18.3 Å². The predicted octanol–water partition coefficient (Wildman–Crippen LogP) is 4.89. The number of hydrogen-bond donors (Lipinski definition) is 1. The lowest BCUT2D eigenvalue weighted by atomic mass is 9.98. The van der Waals surface area contributed by atoms with Crippen LogP contribution < -0.4 is 10.1 Å². The molecule has 1 aliphatic heterocycles. The molecule has 10 heteroatoms. The van der Waals surface area contributed by atoms with Gasteiger partial charge in [-0.1, -0.05) is 17.7 Å². The van der Waals surface area contributed by atoms with Gasteiger partial charge >= 0.3 is 6.01 Å². The molecule has 0 amide bonds. The first-order chi connectivity index (χ1) is 16.0. The summed E-state index contributed by atoms with van der Waals surface area (Å²) in [6.07, 6.45) is 3.61. The molecule has 0 unspecified atom stereocenters. The van der Waals surface area contributed by atoms with Gasteiger partial charge in [-0.15, -0.1) is 0 Å². The van der Waals surface area contributed by atoms with Gasteiger partial charge in [0.25, 0.3) is 0 Å². The van der Waals surface area contributed by atoms with E-state index < -0.39 is 11.6 Å². The standard InChI is InChI=1S/C23H20ClF2N5O2/c1-31-21-5-13(4-14-11-32-12-14)2-3-20(21)30-22(31)27-10-17-18(25)6-16(7-19(17)26)33-23-28-8-15(24)9-29-23/h2-3,5-9,14H,4,10-12H2,1H3,(H,27,30). The fourth-order valence-corrected chi connectivity index (χ4v) is 3.79. The molecular formula is C23H20ClF2N5O2. The van der Waals surface area contributed by atoms with Crippen molar-refractivity contribution in [2.24, 2.45) is 13.0 Å². The highest BCUT2D eigenvalue weighted by Crippen LogP contribution is 2.26. The zero-order valence-corrected chi connectivity index (χ0v) is 18.4. The predicted molar refractivity (Wildman–Crippen MR) is 120 cm³/mol. The van der Waals surface area contributed by atoms with Crippen molar-refractivity contribution in [1.29, 1.82) is 0 Å². The molecule has 5 rings (SSSR count). The lowest BCUT2D eigenvalue weighted by Crippen LogP contribution is -2.29. The van der Waals surface area contributed by atoms with E-state index in [-0.39, 0.29) is 23.9 Å². The fourth-order valence-electron chi connectivity index (χ4n) is 3.69. The first-order valence-electron chi connectivity index (χ1n) is 10.4. The highest BCUT2D eigenvalue weighted by Gasteiger charge is 2.19. The van der Waals surface area contributed by atoms with Crippen LogP contribution in [0, 0.1) is 17.6 Å². The highest BCUT2D eigenvalue weighted by molar-refractivity contribution is 6.30. The number of nitrogens with zero attached hydrogens (tertiary/aromatic N) is 4. The number of benzene rings is 2. The maximum atomic E-state index is 14.6. The molecule has 2 aromatic carbocycles. The van der Waals surface area contributed by atoms with Gasteiger partial charge in [0.1, 0.15) is 17.4 Å². The fraction of sp³-hybridized carbons (Fsp3) is 0.261. The van der Waals surface area contributed by atoms with Crippen LogP contribution in [0.1, 0.15) is 11.1 Å². The summed E-state index contributed by atoms with van der Waals surface area (Å²) in [7, 11) is 1.86. The van der Waals surface area contributed by atoms with E-state index in [0.717, 1.165) is 42.8 Å². The van der Waals surface area contributed by atoms with Crippen LogP contribution in [0.3, 0.4) is 0 Å². The third kappa shape index (κ3) is 4.60. The van der Waals surface area contributed by atoms with Crippen molar-refractivity contribution in [1.82, 2.24) is 19.5 Å². The van der Waals surface area contributed by atoms with Gasteiger partial charge in [0.2, 0.25) is 5.95 Å². The maximum absolute atomic E-state index is 14.6. The molecule has 4 aromatic rings.